The third kappa shape index (κ3) is 4.36. The Bertz CT molecular complexity index is 1180. The number of hydrogen-bond donors (Lipinski definition) is 1. The van der Waals surface area contributed by atoms with Crippen LogP contribution in [0.25, 0.3) is 10.2 Å². The number of thiophene rings is 1. The molecule has 1 amide bonds. The fourth-order valence-electron chi connectivity index (χ4n) is 4.44. The van der Waals surface area contributed by atoms with E-state index in [0.717, 1.165) is 54.5 Å². The van der Waals surface area contributed by atoms with Crippen LogP contribution in [0.2, 0.25) is 0 Å². The zero-order valence-electron chi connectivity index (χ0n) is 18.1. The Labute approximate surface area is 195 Å². The maximum Gasteiger partial charge on any atom is 0.263 e. The summed E-state index contributed by atoms with van der Waals surface area (Å²) in [4.78, 5) is 33.3. The first kappa shape index (κ1) is 21.7. The van der Waals surface area contributed by atoms with Gasteiger partial charge in [-0.05, 0) is 50.2 Å². The largest absolute Gasteiger partial charge is 0.376 e. The standard InChI is InChI=1S/C24H27N3O3S2/c1-15(21(28)25-13-16-7-3-2-4-8-16)31-24-26-22-20(18-10-5-11-19(18)32-22)23(29)27(24)14-17-9-6-12-30-17/h2-4,7-8,15,17H,5-6,9-14H2,1H3,(H,25,28). The van der Waals surface area contributed by atoms with Crippen molar-refractivity contribution in [2.45, 2.75) is 68.6 Å². The minimum atomic E-state index is -0.370. The molecule has 2 aromatic heterocycles. The molecule has 168 valence electrons. The highest BCUT2D eigenvalue weighted by Gasteiger charge is 2.27. The average Bonchev–Trinajstić information content (AvgIpc) is 3.53. The van der Waals surface area contributed by atoms with Crippen molar-refractivity contribution in [1.82, 2.24) is 14.9 Å². The Morgan fingerprint density at radius 2 is 2.16 bits per heavy atom. The number of nitrogens with one attached hydrogen (secondary N) is 1. The van der Waals surface area contributed by atoms with E-state index >= 15 is 0 Å². The first-order valence-electron chi connectivity index (χ1n) is 11.2. The van der Waals surface area contributed by atoms with Gasteiger partial charge in [0, 0.05) is 18.0 Å². The van der Waals surface area contributed by atoms with Crippen molar-refractivity contribution >= 4 is 39.2 Å². The summed E-state index contributed by atoms with van der Waals surface area (Å²) >= 11 is 3.00. The van der Waals surface area contributed by atoms with Gasteiger partial charge < -0.3 is 10.1 Å². The topological polar surface area (TPSA) is 73.2 Å². The highest BCUT2D eigenvalue weighted by Crippen LogP contribution is 2.36. The number of fused-ring (bicyclic) bond motifs is 3. The van der Waals surface area contributed by atoms with E-state index in [-0.39, 0.29) is 22.8 Å². The van der Waals surface area contributed by atoms with Crippen molar-refractivity contribution in [2.75, 3.05) is 6.61 Å². The van der Waals surface area contributed by atoms with Gasteiger partial charge in [0.25, 0.3) is 5.56 Å². The molecule has 2 aliphatic rings. The molecule has 1 fully saturated rings. The highest BCUT2D eigenvalue weighted by atomic mass is 32.2. The molecule has 1 aliphatic heterocycles. The quantitative estimate of drug-likeness (QED) is 0.419. The monoisotopic (exact) mass is 469 g/mol. The molecule has 0 radical (unpaired) electrons. The number of thioether (sulfide) groups is 1. The molecule has 3 heterocycles. The van der Waals surface area contributed by atoms with Gasteiger partial charge in [0.15, 0.2) is 5.16 Å². The summed E-state index contributed by atoms with van der Waals surface area (Å²) in [7, 11) is 0. The molecule has 8 heteroatoms. The number of amides is 1. The minimum Gasteiger partial charge on any atom is -0.376 e. The molecule has 1 aromatic carbocycles. The average molecular weight is 470 g/mol. The van der Waals surface area contributed by atoms with Crippen LogP contribution < -0.4 is 10.9 Å². The van der Waals surface area contributed by atoms with Crippen LogP contribution in [-0.2, 0) is 35.5 Å². The lowest BCUT2D eigenvalue weighted by Gasteiger charge is -2.18. The fraction of sp³-hybridized carbons (Fsp3) is 0.458. The van der Waals surface area contributed by atoms with Crippen LogP contribution in [0.15, 0.2) is 40.3 Å². The van der Waals surface area contributed by atoms with Gasteiger partial charge in [0.05, 0.1) is 23.3 Å². The van der Waals surface area contributed by atoms with Crippen molar-refractivity contribution in [3.05, 3.63) is 56.7 Å². The number of aromatic nitrogens is 2. The summed E-state index contributed by atoms with van der Waals surface area (Å²) in [5.74, 6) is -0.0643. The number of carbonyl (C=O) groups excluding carboxylic acids is 1. The molecule has 0 saturated carbocycles. The molecule has 0 spiro atoms. The number of aryl methyl sites for hydroxylation is 2. The van der Waals surface area contributed by atoms with Crippen LogP contribution in [0.3, 0.4) is 0 Å². The van der Waals surface area contributed by atoms with Crippen LogP contribution in [0.4, 0.5) is 0 Å². The minimum absolute atomic E-state index is 0.0179. The molecule has 6 nitrogen and oxygen atoms in total. The van der Waals surface area contributed by atoms with Crippen molar-refractivity contribution in [3.63, 3.8) is 0 Å². The normalized spacial score (nSPS) is 18.7. The second-order valence-corrected chi connectivity index (χ2v) is 10.8. The molecule has 1 N–H and O–H groups in total. The van der Waals surface area contributed by atoms with E-state index in [9.17, 15) is 9.59 Å². The van der Waals surface area contributed by atoms with E-state index in [0.29, 0.717) is 18.2 Å². The number of ether oxygens (including phenoxy) is 1. The number of benzene rings is 1. The van der Waals surface area contributed by atoms with Gasteiger partial charge in [0.1, 0.15) is 4.83 Å². The summed E-state index contributed by atoms with van der Waals surface area (Å²) < 4.78 is 7.58. The Morgan fingerprint density at radius 1 is 1.31 bits per heavy atom. The van der Waals surface area contributed by atoms with Crippen molar-refractivity contribution in [1.29, 1.82) is 0 Å². The van der Waals surface area contributed by atoms with Gasteiger partial charge in [-0.1, -0.05) is 42.1 Å². The van der Waals surface area contributed by atoms with Crippen LogP contribution >= 0.6 is 23.1 Å². The van der Waals surface area contributed by atoms with Crippen LogP contribution in [0.1, 0.15) is 42.2 Å². The van der Waals surface area contributed by atoms with Crippen LogP contribution in [0.5, 0.6) is 0 Å². The van der Waals surface area contributed by atoms with E-state index in [4.69, 9.17) is 9.72 Å². The molecule has 5 rings (SSSR count). The van der Waals surface area contributed by atoms with Gasteiger partial charge in [-0.15, -0.1) is 11.3 Å². The lowest BCUT2D eigenvalue weighted by molar-refractivity contribution is -0.120. The predicted octanol–water partition coefficient (Wildman–Crippen LogP) is 3.92. The molecular formula is C24H27N3O3S2. The van der Waals surface area contributed by atoms with E-state index in [2.05, 4.69) is 5.32 Å². The van der Waals surface area contributed by atoms with Crippen LogP contribution in [-0.4, -0.2) is 33.4 Å². The number of nitrogens with zero attached hydrogens (tertiary/aromatic N) is 2. The summed E-state index contributed by atoms with van der Waals surface area (Å²) in [6.45, 7) is 3.58. The third-order valence-electron chi connectivity index (χ3n) is 6.16. The second-order valence-electron chi connectivity index (χ2n) is 8.45. The van der Waals surface area contributed by atoms with Gasteiger partial charge in [0.2, 0.25) is 5.91 Å². The fourth-order valence-corrected chi connectivity index (χ4v) is 6.69. The smallest absolute Gasteiger partial charge is 0.263 e. The number of carbonyl (C=O) groups is 1. The summed E-state index contributed by atoms with van der Waals surface area (Å²) in [6, 6.07) is 9.85. The van der Waals surface area contributed by atoms with Gasteiger partial charge in [-0.25, -0.2) is 4.98 Å². The Morgan fingerprint density at radius 3 is 2.94 bits per heavy atom. The maximum atomic E-state index is 13.6. The van der Waals surface area contributed by atoms with Gasteiger partial charge in [-0.2, -0.15) is 0 Å². The maximum absolute atomic E-state index is 13.6. The molecular weight excluding hydrogens is 442 g/mol. The van der Waals surface area contributed by atoms with E-state index in [1.54, 1.807) is 15.9 Å². The Balaban J connectivity index is 1.41. The number of rotatable bonds is 7. The summed E-state index contributed by atoms with van der Waals surface area (Å²) in [5, 5.41) is 4.02. The van der Waals surface area contributed by atoms with E-state index < -0.39 is 0 Å². The molecule has 32 heavy (non-hydrogen) atoms. The molecule has 1 saturated heterocycles. The van der Waals surface area contributed by atoms with E-state index in [1.807, 2.05) is 37.3 Å². The Kier molecular flexibility index (Phi) is 6.35. The van der Waals surface area contributed by atoms with Crippen molar-refractivity contribution < 1.29 is 9.53 Å². The van der Waals surface area contributed by atoms with Crippen molar-refractivity contribution in [3.8, 4) is 0 Å². The molecule has 1 aliphatic carbocycles. The molecule has 3 aromatic rings. The summed E-state index contributed by atoms with van der Waals surface area (Å²) in [5.41, 5.74) is 2.26. The lowest BCUT2D eigenvalue weighted by Crippen LogP contribution is -2.33. The number of hydrogen-bond acceptors (Lipinski definition) is 6. The van der Waals surface area contributed by atoms with Gasteiger partial charge >= 0.3 is 0 Å². The second kappa shape index (κ2) is 9.37. The lowest BCUT2D eigenvalue weighted by atomic mass is 10.2. The summed E-state index contributed by atoms with van der Waals surface area (Å²) in [6.07, 6.45) is 5.09. The van der Waals surface area contributed by atoms with E-state index in [1.165, 1.54) is 22.2 Å². The van der Waals surface area contributed by atoms with Gasteiger partial charge in [-0.3, -0.25) is 14.2 Å². The molecule has 0 bridgehead atoms. The van der Waals surface area contributed by atoms with Crippen molar-refractivity contribution in [2.24, 2.45) is 0 Å². The molecule has 2 unspecified atom stereocenters. The van der Waals surface area contributed by atoms with Crippen LogP contribution in [0, 0.1) is 0 Å². The molecule has 2 atom stereocenters. The zero-order valence-corrected chi connectivity index (χ0v) is 19.8. The predicted molar refractivity (Wildman–Crippen MR) is 128 cm³/mol. The highest BCUT2D eigenvalue weighted by molar-refractivity contribution is 8.00. The Hall–Kier alpha value is -2.16. The first-order chi connectivity index (χ1) is 15.6. The zero-order chi connectivity index (χ0) is 22.1. The SMILES string of the molecule is CC(Sc1nc2sc3c(c2c(=O)n1CC1CCCO1)CCC3)C(=O)NCc1ccccc1. The first-order valence-corrected chi connectivity index (χ1v) is 12.9. The third-order valence-corrected chi connectivity index (χ3v) is 8.44.